The van der Waals surface area contributed by atoms with Crippen LogP contribution < -0.4 is 5.73 Å². The Balaban J connectivity index is 3.19. The number of thioether (sulfide) groups is 1. The third-order valence-corrected chi connectivity index (χ3v) is 2.44. The lowest BCUT2D eigenvalue weighted by Gasteiger charge is -2.05. The maximum atomic E-state index is 8.83. The van der Waals surface area contributed by atoms with E-state index in [0.29, 0.717) is 17.1 Å². The van der Waals surface area contributed by atoms with E-state index in [4.69, 9.17) is 11.0 Å². The van der Waals surface area contributed by atoms with E-state index in [1.54, 1.807) is 0 Å². The highest BCUT2D eigenvalue weighted by Gasteiger charge is 2.10. The lowest BCUT2D eigenvalue weighted by molar-refractivity contribution is 0.889. The van der Waals surface area contributed by atoms with Crippen molar-refractivity contribution in [1.29, 1.82) is 5.26 Å². The molecule has 0 radical (unpaired) electrons. The zero-order valence-electron chi connectivity index (χ0n) is 8.24. The second-order valence-corrected chi connectivity index (χ2v) is 3.84. The van der Waals surface area contributed by atoms with E-state index < -0.39 is 0 Å². The first-order valence-electron chi connectivity index (χ1n) is 4.42. The van der Waals surface area contributed by atoms with Crippen molar-refractivity contribution < 1.29 is 0 Å². The summed E-state index contributed by atoms with van der Waals surface area (Å²) < 4.78 is 0. The predicted molar refractivity (Wildman–Crippen MR) is 56.9 cm³/mol. The Kier molecular flexibility index (Phi) is 3.72. The highest BCUT2D eigenvalue weighted by atomic mass is 32.2. The maximum absolute atomic E-state index is 8.83. The van der Waals surface area contributed by atoms with E-state index in [1.807, 2.05) is 19.9 Å². The van der Waals surface area contributed by atoms with Crippen molar-refractivity contribution in [3.05, 3.63) is 11.3 Å². The molecular weight excluding hydrogens is 196 g/mol. The van der Waals surface area contributed by atoms with Crippen molar-refractivity contribution >= 4 is 17.6 Å². The minimum absolute atomic E-state index is 0.287. The Hall–Kier alpha value is -1.28. The smallest absolute Gasteiger partial charge is 0.189 e. The van der Waals surface area contributed by atoms with Gasteiger partial charge in [-0.1, -0.05) is 25.6 Å². The molecule has 0 aromatic carbocycles. The molecule has 1 rings (SSSR count). The highest BCUT2D eigenvalue weighted by molar-refractivity contribution is 7.99. The monoisotopic (exact) mass is 208 g/mol. The molecule has 1 aromatic rings. The fourth-order valence-electron chi connectivity index (χ4n) is 1.07. The molecule has 0 aliphatic rings. The molecule has 0 aliphatic carbocycles. The quantitative estimate of drug-likeness (QED) is 0.603. The van der Waals surface area contributed by atoms with E-state index in [2.05, 4.69) is 9.97 Å². The van der Waals surface area contributed by atoms with Crippen molar-refractivity contribution in [3.63, 3.8) is 0 Å². The Morgan fingerprint density at radius 2 is 2.14 bits per heavy atom. The van der Waals surface area contributed by atoms with Crippen molar-refractivity contribution in [2.75, 3.05) is 11.5 Å². The van der Waals surface area contributed by atoms with Gasteiger partial charge in [0.25, 0.3) is 0 Å². The number of rotatable bonds is 3. The summed E-state index contributed by atoms with van der Waals surface area (Å²) in [5.41, 5.74) is 6.79. The summed E-state index contributed by atoms with van der Waals surface area (Å²) in [4.78, 5) is 8.31. The molecule has 1 aromatic heterocycles. The first-order valence-corrected chi connectivity index (χ1v) is 5.40. The zero-order chi connectivity index (χ0) is 10.6. The van der Waals surface area contributed by atoms with Crippen LogP contribution in [0.1, 0.15) is 25.1 Å². The number of aryl methyl sites for hydroxylation is 1. The van der Waals surface area contributed by atoms with Gasteiger partial charge in [-0.2, -0.15) is 5.26 Å². The molecule has 14 heavy (non-hydrogen) atoms. The van der Waals surface area contributed by atoms with Crippen LogP contribution in [0.4, 0.5) is 5.82 Å². The lowest BCUT2D eigenvalue weighted by atomic mass is 10.2. The molecule has 74 valence electrons. The maximum Gasteiger partial charge on any atom is 0.189 e. The number of nitrogens with zero attached hydrogens (tertiary/aromatic N) is 3. The van der Waals surface area contributed by atoms with Gasteiger partial charge < -0.3 is 5.73 Å². The molecule has 4 nitrogen and oxygen atoms in total. The third-order valence-electron chi connectivity index (χ3n) is 1.71. The van der Waals surface area contributed by atoms with E-state index in [-0.39, 0.29) is 5.82 Å². The summed E-state index contributed by atoms with van der Waals surface area (Å²) in [6.45, 7) is 3.97. The first kappa shape index (κ1) is 10.8. The standard InChI is InChI=1S/C9H12N4S/c1-3-7-6(5-10)8(11)13-9(12-7)14-4-2/h3-4H2,1-2H3,(H2,11,12,13). The number of hydrogen-bond acceptors (Lipinski definition) is 5. The Morgan fingerprint density at radius 3 is 2.64 bits per heavy atom. The predicted octanol–water partition coefficient (Wildman–Crippen LogP) is 1.60. The van der Waals surface area contributed by atoms with Gasteiger partial charge in [-0.3, -0.25) is 0 Å². The van der Waals surface area contributed by atoms with Crippen LogP contribution in [-0.4, -0.2) is 15.7 Å². The van der Waals surface area contributed by atoms with Gasteiger partial charge in [0, 0.05) is 0 Å². The van der Waals surface area contributed by atoms with Gasteiger partial charge in [0.2, 0.25) is 0 Å². The molecule has 0 unspecified atom stereocenters. The van der Waals surface area contributed by atoms with Crippen LogP contribution in [0.15, 0.2) is 5.16 Å². The average molecular weight is 208 g/mol. The van der Waals surface area contributed by atoms with Crippen LogP contribution in [0.5, 0.6) is 0 Å². The minimum Gasteiger partial charge on any atom is -0.382 e. The summed E-state index contributed by atoms with van der Waals surface area (Å²) in [6, 6.07) is 2.02. The van der Waals surface area contributed by atoms with Crippen molar-refractivity contribution in [2.24, 2.45) is 0 Å². The molecule has 0 fully saturated rings. The number of nitrogens with two attached hydrogens (primary N) is 1. The van der Waals surface area contributed by atoms with Crippen molar-refractivity contribution in [2.45, 2.75) is 25.4 Å². The Morgan fingerprint density at radius 1 is 1.43 bits per heavy atom. The molecule has 5 heteroatoms. The number of anilines is 1. The molecule has 0 atom stereocenters. The molecule has 0 amide bonds. The van der Waals surface area contributed by atoms with E-state index in [9.17, 15) is 0 Å². The summed E-state index contributed by atoms with van der Waals surface area (Å²) in [5, 5.41) is 9.49. The zero-order valence-corrected chi connectivity index (χ0v) is 9.06. The molecule has 0 bridgehead atoms. The van der Waals surface area contributed by atoms with Gasteiger partial charge in [-0.05, 0) is 12.2 Å². The van der Waals surface area contributed by atoms with Crippen LogP contribution in [0, 0.1) is 11.3 Å². The van der Waals surface area contributed by atoms with Crippen LogP contribution in [-0.2, 0) is 6.42 Å². The molecule has 1 heterocycles. The number of nitriles is 1. The van der Waals surface area contributed by atoms with E-state index in [1.165, 1.54) is 11.8 Å². The Labute approximate surface area is 87.6 Å². The molecule has 0 spiro atoms. The summed E-state index contributed by atoms with van der Waals surface area (Å²) in [6.07, 6.45) is 0.701. The molecule has 0 saturated carbocycles. The first-order chi connectivity index (χ1) is 6.72. The van der Waals surface area contributed by atoms with Crippen LogP contribution in [0.3, 0.4) is 0 Å². The van der Waals surface area contributed by atoms with Crippen LogP contribution in [0.25, 0.3) is 0 Å². The van der Waals surface area contributed by atoms with Crippen molar-refractivity contribution in [3.8, 4) is 6.07 Å². The minimum atomic E-state index is 0.287. The number of nitrogen functional groups attached to an aromatic ring is 1. The fraction of sp³-hybridized carbons (Fsp3) is 0.444. The van der Waals surface area contributed by atoms with Crippen LogP contribution >= 0.6 is 11.8 Å². The second kappa shape index (κ2) is 4.82. The van der Waals surface area contributed by atoms with Gasteiger partial charge in [0.1, 0.15) is 17.5 Å². The molecular formula is C9H12N4S. The van der Waals surface area contributed by atoms with E-state index in [0.717, 1.165) is 11.4 Å². The molecule has 0 saturated heterocycles. The number of hydrogen-bond donors (Lipinski definition) is 1. The van der Waals surface area contributed by atoms with Gasteiger partial charge in [-0.25, -0.2) is 9.97 Å². The molecule has 2 N–H and O–H groups in total. The largest absolute Gasteiger partial charge is 0.382 e. The second-order valence-electron chi connectivity index (χ2n) is 2.61. The molecule has 0 aliphatic heterocycles. The van der Waals surface area contributed by atoms with Gasteiger partial charge in [0.15, 0.2) is 5.16 Å². The fourth-order valence-corrected chi connectivity index (χ4v) is 1.67. The van der Waals surface area contributed by atoms with Crippen molar-refractivity contribution in [1.82, 2.24) is 9.97 Å². The topological polar surface area (TPSA) is 75.6 Å². The number of aromatic nitrogens is 2. The third kappa shape index (κ3) is 2.15. The Bertz CT molecular complexity index is 370. The van der Waals surface area contributed by atoms with Crippen LogP contribution in [0.2, 0.25) is 0 Å². The van der Waals surface area contributed by atoms with E-state index >= 15 is 0 Å². The summed E-state index contributed by atoms with van der Waals surface area (Å²) >= 11 is 1.53. The summed E-state index contributed by atoms with van der Waals surface area (Å²) in [5.74, 6) is 1.18. The van der Waals surface area contributed by atoms with Gasteiger partial charge in [0.05, 0.1) is 5.69 Å². The lowest BCUT2D eigenvalue weighted by Crippen LogP contribution is -2.04. The summed E-state index contributed by atoms with van der Waals surface area (Å²) in [7, 11) is 0. The normalized spacial score (nSPS) is 9.79. The highest BCUT2D eigenvalue weighted by Crippen LogP contribution is 2.19. The average Bonchev–Trinajstić information content (AvgIpc) is 2.17. The van der Waals surface area contributed by atoms with Gasteiger partial charge in [-0.15, -0.1) is 0 Å². The van der Waals surface area contributed by atoms with Gasteiger partial charge >= 0.3 is 0 Å². The SMILES string of the molecule is CCSc1nc(N)c(C#N)c(CC)n1.